The van der Waals surface area contributed by atoms with Crippen molar-refractivity contribution < 1.29 is 4.79 Å². The van der Waals surface area contributed by atoms with Crippen molar-refractivity contribution in [2.45, 2.75) is 50.7 Å². The molecule has 1 aliphatic carbocycles. The lowest BCUT2D eigenvalue weighted by Crippen LogP contribution is -2.22. The van der Waals surface area contributed by atoms with Crippen molar-refractivity contribution in [1.82, 2.24) is 20.1 Å². The van der Waals surface area contributed by atoms with Crippen LogP contribution in [-0.2, 0) is 4.79 Å². The number of rotatable bonds is 4. The van der Waals surface area contributed by atoms with Gasteiger partial charge in [0.25, 0.3) is 0 Å². The molecule has 0 unspecified atom stereocenters. The highest BCUT2D eigenvalue weighted by Gasteiger charge is 2.24. The fourth-order valence-corrected chi connectivity index (χ4v) is 3.63. The highest BCUT2D eigenvalue weighted by molar-refractivity contribution is 7.99. The van der Waals surface area contributed by atoms with Crippen molar-refractivity contribution in [1.29, 1.82) is 0 Å². The number of carbonyl (C=O) groups excluding carboxylic acids is 1. The molecule has 1 heterocycles. The zero-order valence-electron chi connectivity index (χ0n) is 11.8. The molecule has 0 aliphatic heterocycles. The molecule has 1 amide bonds. The van der Waals surface area contributed by atoms with Crippen LogP contribution in [-0.4, -0.2) is 33.5 Å². The second-order valence-electron chi connectivity index (χ2n) is 5.29. The van der Waals surface area contributed by atoms with Gasteiger partial charge >= 0.3 is 0 Å². The van der Waals surface area contributed by atoms with Crippen molar-refractivity contribution in [3.8, 4) is 0 Å². The number of hydrogen-bond acceptors (Lipinski definition) is 4. The Bertz CT molecular complexity index is 446. The van der Waals surface area contributed by atoms with Crippen molar-refractivity contribution in [3.63, 3.8) is 0 Å². The molecule has 0 saturated heterocycles. The van der Waals surface area contributed by atoms with Crippen LogP contribution in [0.2, 0.25) is 0 Å². The van der Waals surface area contributed by atoms with E-state index in [1.54, 1.807) is 7.05 Å². The van der Waals surface area contributed by atoms with Crippen LogP contribution in [0.5, 0.6) is 0 Å². The normalized spacial score (nSPS) is 23.3. The van der Waals surface area contributed by atoms with Crippen LogP contribution in [0.15, 0.2) is 5.16 Å². The van der Waals surface area contributed by atoms with E-state index in [1.165, 1.54) is 37.4 Å². The smallest absolute Gasteiger partial charge is 0.230 e. The molecule has 5 nitrogen and oxygen atoms in total. The summed E-state index contributed by atoms with van der Waals surface area (Å²) in [7, 11) is 1.65. The molecule has 2 atom stereocenters. The number of aryl methyl sites for hydroxylation is 1. The molecule has 19 heavy (non-hydrogen) atoms. The maximum Gasteiger partial charge on any atom is 0.230 e. The molecule has 1 N–H and O–H groups in total. The summed E-state index contributed by atoms with van der Waals surface area (Å²) in [5, 5.41) is 11.9. The lowest BCUT2D eigenvalue weighted by Gasteiger charge is -2.29. The zero-order valence-corrected chi connectivity index (χ0v) is 12.7. The number of thioether (sulfide) groups is 1. The molecule has 1 saturated carbocycles. The molecule has 6 heteroatoms. The van der Waals surface area contributed by atoms with E-state index in [9.17, 15) is 4.79 Å². The molecule has 0 aromatic carbocycles. The SMILES string of the molecule is CNC(=O)CSc1nnc(C)n1[C@@H]1CCC[C@@H](C)C1. The molecule has 2 rings (SSSR count). The number of carbonyl (C=O) groups is 1. The van der Waals surface area contributed by atoms with E-state index in [1.807, 2.05) is 6.92 Å². The van der Waals surface area contributed by atoms with E-state index in [2.05, 4.69) is 27.0 Å². The second-order valence-corrected chi connectivity index (χ2v) is 6.23. The van der Waals surface area contributed by atoms with Crippen LogP contribution < -0.4 is 5.32 Å². The van der Waals surface area contributed by atoms with Crippen LogP contribution >= 0.6 is 11.8 Å². The zero-order chi connectivity index (χ0) is 13.8. The molecule has 106 valence electrons. The van der Waals surface area contributed by atoms with E-state index in [0.29, 0.717) is 11.8 Å². The quantitative estimate of drug-likeness (QED) is 0.860. The molecule has 0 spiro atoms. The largest absolute Gasteiger partial charge is 0.358 e. The van der Waals surface area contributed by atoms with Gasteiger partial charge in [-0.1, -0.05) is 31.5 Å². The highest BCUT2D eigenvalue weighted by atomic mass is 32.2. The van der Waals surface area contributed by atoms with Gasteiger partial charge in [-0.2, -0.15) is 0 Å². The first-order chi connectivity index (χ1) is 9.11. The minimum Gasteiger partial charge on any atom is -0.358 e. The Morgan fingerprint density at radius 2 is 2.26 bits per heavy atom. The van der Waals surface area contributed by atoms with E-state index < -0.39 is 0 Å². The van der Waals surface area contributed by atoms with Crippen LogP contribution in [0.25, 0.3) is 0 Å². The summed E-state index contributed by atoms with van der Waals surface area (Å²) in [4.78, 5) is 11.3. The van der Waals surface area contributed by atoms with Gasteiger partial charge in [0.1, 0.15) is 5.82 Å². The number of amides is 1. The Labute approximate surface area is 118 Å². The first kappa shape index (κ1) is 14.4. The van der Waals surface area contributed by atoms with Gasteiger partial charge in [-0.05, 0) is 25.7 Å². The lowest BCUT2D eigenvalue weighted by atomic mass is 9.87. The Balaban J connectivity index is 2.10. The summed E-state index contributed by atoms with van der Waals surface area (Å²) in [6.07, 6.45) is 4.96. The summed E-state index contributed by atoms with van der Waals surface area (Å²) < 4.78 is 2.23. The first-order valence-corrected chi connectivity index (χ1v) is 7.85. The lowest BCUT2D eigenvalue weighted by molar-refractivity contribution is -0.118. The third kappa shape index (κ3) is 3.49. The monoisotopic (exact) mass is 282 g/mol. The molecule has 0 radical (unpaired) electrons. The Kier molecular flexibility index (Phi) is 4.85. The summed E-state index contributed by atoms with van der Waals surface area (Å²) >= 11 is 1.47. The van der Waals surface area contributed by atoms with Crippen LogP contribution in [0.4, 0.5) is 0 Å². The van der Waals surface area contributed by atoms with Gasteiger partial charge in [0.05, 0.1) is 5.75 Å². The third-order valence-corrected chi connectivity index (χ3v) is 4.66. The van der Waals surface area contributed by atoms with Gasteiger partial charge < -0.3 is 9.88 Å². The van der Waals surface area contributed by atoms with Crippen LogP contribution in [0.1, 0.15) is 44.5 Å². The molecule has 0 bridgehead atoms. The Morgan fingerprint density at radius 3 is 2.95 bits per heavy atom. The van der Waals surface area contributed by atoms with Gasteiger partial charge in [-0.15, -0.1) is 10.2 Å². The van der Waals surface area contributed by atoms with E-state index in [0.717, 1.165) is 16.9 Å². The standard InChI is InChI=1S/C13H22N4OS/c1-9-5-4-6-11(7-9)17-10(2)15-16-13(17)19-8-12(18)14-3/h9,11H,4-8H2,1-3H3,(H,14,18)/t9-,11-/m1/s1. The minimum absolute atomic E-state index is 0.0224. The Morgan fingerprint density at radius 1 is 1.47 bits per heavy atom. The van der Waals surface area contributed by atoms with Crippen LogP contribution in [0, 0.1) is 12.8 Å². The number of aromatic nitrogens is 3. The molecule has 1 aliphatic rings. The Hall–Kier alpha value is -1.04. The molecule has 1 aromatic heterocycles. The van der Waals surface area contributed by atoms with Gasteiger partial charge in [0.15, 0.2) is 5.16 Å². The van der Waals surface area contributed by atoms with Gasteiger partial charge in [0, 0.05) is 13.1 Å². The summed E-state index contributed by atoms with van der Waals surface area (Å²) in [6.45, 7) is 4.30. The predicted octanol–water partition coefficient (Wildman–Crippen LogP) is 2.18. The number of nitrogens with zero attached hydrogens (tertiary/aromatic N) is 3. The van der Waals surface area contributed by atoms with Crippen molar-refractivity contribution in [2.75, 3.05) is 12.8 Å². The average molecular weight is 282 g/mol. The predicted molar refractivity (Wildman–Crippen MR) is 76.2 cm³/mol. The van der Waals surface area contributed by atoms with E-state index in [4.69, 9.17) is 0 Å². The van der Waals surface area contributed by atoms with E-state index in [-0.39, 0.29) is 5.91 Å². The molecule has 1 fully saturated rings. The van der Waals surface area contributed by atoms with Gasteiger partial charge in [-0.25, -0.2) is 0 Å². The first-order valence-electron chi connectivity index (χ1n) is 6.86. The topological polar surface area (TPSA) is 59.8 Å². The van der Waals surface area contributed by atoms with Gasteiger partial charge in [0.2, 0.25) is 5.91 Å². The third-order valence-electron chi connectivity index (χ3n) is 3.72. The summed E-state index contributed by atoms with van der Waals surface area (Å²) in [5.41, 5.74) is 0. The average Bonchev–Trinajstić information content (AvgIpc) is 2.77. The molecular formula is C13H22N4OS. The van der Waals surface area contributed by atoms with Crippen molar-refractivity contribution in [3.05, 3.63) is 5.82 Å². The summed E-state index contributed by atoms with van der Waals surface area (Å²) in [5.74, 6) is 2.14. The van der Waals surface area contributed by atoms with E-state index >= 15 is 0 Å². The number of nitrogens with one attached hydrogen (secondary N) is 1. The van der Waals surface area contributed by atoms with Crippen LogP contribution in [0.3, 0.4) is 0 Å². The number of hydrogen-bond donors (Lipinski definition) is 1. The fraction of sp³-hybridized carbons (Fsp3) is 0.769. The maximum absolute atomic E-state index is 11.3. The van der Waals surface area contributed by atoms with Crippen molar-refractivity contribution in [2.24, 2.45) is 5.92 Å². The minimum atomic E-state index is 0.0224. The summed E-state index contributed by atoms with van der Waals surface area (Å²) in [6, 6.07) is 0.492. The second kappa shape index (κ2) is 6.41. The van der Waals surface area contributed by atoms with Crippen molar-refractivity contribution >= 4 is 17.7 Å². The molecular weight excluding hydrogens is 260 g/mol. The maximum atomic E-state index is 11.3. The molecule has 1 aromatic rings. The van der Waals surface area contributed by atoms with Gasteiger partial charge in [-0.3, -0.25) is 4.79 Å². The highest BCUT2D eigenvalue weighted by Crippen LogP contribution is 2.35. The fourth-order valence-electron chi connectivity index (χ4n) is 2.71.